The van der Waals surface area contributed by atoms with Crippen LogP contribution in [0.25, 0.3) is 0 Å². The zero-order chi connectivity index (χ0) is 39.3. The molecule has 2 aliphatic heterocycles. The van der Waals surface area contributed by atoms with Gasteiger partial charge in [-0.1, -0.05) is 0 Å². The molecule has 0 spiro atoms. The molecule has 56 heavy (non-hydrogen) atoms. The maximum atomic E-state index is 13.4. The van der Waals surface area contributed by atoms with E-state index in [1.165, 1.54) is 48.5 Å². The van der Waals surface area contributed by atoms with Gasteiger partial charge in [0.1, 0.15) is 59.4 Å². The van der Waals surface area contributed by atoms with E-state index in [-0.39, 0.29) is 46.5 Å². The van der Waals surface area contributed by atoms with Crippen LogP contribution in [-0.2, 0) is 19.2 Å². The third-order valence-corrected chi connectivity index (χ3v) is 8.99. The molecule has 2 heterocycles. The summed E-state index contributed by atoms with van der Waals surface area (Å²) in [6.45, 7) is 0. The van der Waals surface area contributed by atoms with E-state index in [0.29, 0.717) is 34.4 Å². The first-order chi connectivity index (χ1) is 27.2. The molecule has 14 nitrogen and oxygen atoms in total. The van der Waals surface area contributed by atoms with Crippen molar-refractivity contribution in [3.63, 3.8) is 0 Å². The number of amides is 4. The maximum Gasteiger partial charge on any atom is 0.256 e. The fourth-order valence-electron chi connectivity index (χ4n) is 6.25. The molecule has 5 aromatic rings. The third-order valence-electron chi connectivity index (χ3n) is 8.99. The molecule has 7 rings (SSSR count). The minimum atomic E-state index is -0.841. The van der Waals surface area contributed by atoms with Crippen molar-refractivity contribution < 1.29 is 28.7 Å². The average Bonchev–Trinajstić information content (AvgIpc) is 3.66. The molecule has 270 valence electrons. The molecule has 4 amide bonds. The van der Waals surface area contributed by atoms with Crippen molar-refractivity contribution in [2.45, 2.75) is 24.9 Å². The molecule has 0 aromatic heterocycles. The number of carbonyl (C=O) groups excluding carboxylic acids is 4. The zero-order valence-corrected chi connectivity index (χ0v) is 29.1. The Kier molecular flexibility index (Phi) is 9.79. The van der Waals surface area contributed by atoms with Crippen LogP contribution in [0.1, 0.15) is 35.1 Å². The minimum absolute atomic E-state index is 0.0951. The normalized spacial score (nSPS) is 16.1. The first kappa shape index (κ1) is 35.9. The molecule has 2 fully saturated rings. The van der Waals surface area contributed by atoms with Gasteiger partial charge in [-0.2, -0.15) is 21.0 Å². The third kappa shape index (κ3) is 7.26. The Morgan fingerprint density at radius 2 is 0.804 bits per heavy atom. The molecule has 0 bridgehead atoms. The molecule has 2 atom stereocenters. The van der Waals surface area contributed by atoms with Crippen molar-refractivity contribution in [3.05, 3.63) is 131 Å². The monoisotopic (exact) mass is 738 g/mol. The quantitative estimate of drug-likeness (QED) is 0.152. The molecule has 5 aromatic carbocycles. The largest absolute Gasteiger partial charge is 0.457 e. The van der Waals surface area contributed by atoms with Gasteiger partial charge in [0.05, 0.1) is 46.5 Å². The second-order valence-corrected chi connectivity index (χ2v) is 12.6. The van der Waals surface area contributed by atoms with Crippen LogP contribution in [0.4, 0.5) is 22.7 Å². The lowest BCUT2D eigenvalue weighted by Gasteiger charge is -2.19. The van der Waals surface area contributed by atoms with Gasteiger partial charge in [0.2, 0.25) is 11.8 Å². The van der Waals surface area contributed by atoms with Gasteiger partial charge in [-0.25, -0.2) is 9.80 Å². The lowest BCUT2D eigenvalue weighted by atomic mass is 10.1. The van der Waals surface area contributed by atoms with Crippen molar-refractivity contribution in [1.29, 1.82) is 21.0 Å². The second-order valence-electron chi connectivity index (χ2n) is 12.6. The Hall–Kier alpha value is -8.46. The summed E-state index contributed by atoms with van der Waals surface area (Å²) in [5.74, 6) is -0.124. The van der Waals surface area contributed by atoms with Crippen molar-refractivity contribution in [2.75, 3.05) is 20.4 Å². The lowest BCUT2D eigenvalue weighted by molar-refractivity contribution is -0.123. The summed E-state index contributed by atoms with van der Waals surface area (Å²) in [4.78, 5) is 54.9. The van der Waals surface area contributed by atoms with E-state index in [0.717, 1.165) is 9.80 Å². The van der Waals surface area contributed by atoms with Crippen molar-refractivity contribution in [2.24, 2.45) is 0 Å². The fraction of sp³-hybridized carbons (Fsp3) is 0.0952. The van der Waals surface area contributed by atoms with E-state index in [1.807, 2.05) is 24.3 Å². The van der Waals surface area contributed by atoms with Gasteiger partial charge in [0.25, 0.3) is 11.8 Å². The Bertz CT molecular complexity index is 2400. The Balaban J connectivity index is 0.948. The van der Waals surface area contributed by atoms with Gasteiger partial charge < -0.3 is 20.1 Å². The van der Waals surface area contributed by atoms with Gasteiger partial charge in [-0.3, -0.25) is 19.2 Å². The van der Waals surface area contributed by atoms with E-state index in [2.05, 4.69) is 10.6 Å². The molecule has 0 aliphatic carbocycles. The first-order valence-electron chi connectivity index (χ1n) is 17.0. The molecule has 2 N–H and O–H groups in total. The SMILES string of the molecule is N#Cc1ccc(Oc2ccc(NC3CC(=O)N(c4ccc(N5C(=O)CC(Nc6ccc(Oc7ccc(C#N)c(C#N)c7)cc6)C5=O)cc4)C3=O)cc2)cc1C#N. The van der Waals surface area contributed by atoms with E-state index >= 15 is 0 Å². The van der Waals surface area contributed by atoms with Crippen LogP contribution < -0.4 is 29.9 Å². The molecule has 2 unspecified atom stereocenters. The Morgan fingerprint density at radius 1 is 0.464 bits per heavy atom. The highest BCUT2D eigenvalue weighted by Crippen LogP contribution is 2.32. The fourth-order valence-corrected chi connectivity index (χ4v) is 6.25. The van der Waals surface area contributed by atoms with E-state index in [1.54, 1.807) is 60.7 Å². The summed E-state index contributed by atoms with van der Waals surface area (Å²) in [5, 5.41) is 42.9. The van der Waals surface area contributed by atoms with Crippen LogP contribution in [0, 0.1) is 45.3 Å². The number of benzene rings is 5. The number of nitriles is 4. The maximum absolute atomic E-state index is 13.4. The average molecular weight is 739 g/mol. The van der Waals surface area contributed by atoms with Crippen LogP contribution in [0.3, 0.4) is 0 Å². The van der Waals surface area contributed by atoms with E-state index < -0.39 is 35.7 Å². The van der Waals surface area contributed by atoms with Crippen molar-refractivity contribution >= 4 is 46.4 Å². The topological polar surface area (TPSA) is 212 Å². The summed E-state index contributed by atoms with van der Waals surface area (Å²) >= 11 is 0. The second kappa shape index (κ2) is 15.3. The lowest BCUT2D eigenvalue weighted by Crippen LogP contribution is -2.35. The number of ether oxygens (including phenoxy) is 2. The Morgan fingerprint density at radius 3 is 1.14 bits per heavy atom. The zero-order valence-electron chi connectivity index (χ0n) is 29.1. The van der Waals surface area contributed by atoms with Gasteiger partial charge in [-0.15, -0.1) is 0 Å². The van der Waals surface area contributed by atoms with Gasteiger partial charge >= 0.3 is 0 Å². The van der Waals surface area contributed by atoms with Crippen molar-refractivity contribution in [1.82, 2.24) is 0 Å². The minimum Gasteiger partial charge on any atom is -0.457 e. The number of nitrogens with one attached hydrogen (secondary N) is 2. The number of hydrogen-bond donors (Lipinski definition) is 2. The molecule has 2 aliphatic rings. The highest BCUT2D eigenvalue weighted by molar-refractivity contribution is 6.24. The molecule has 2 saturated heterocycles. The smallest absolute Gasteiger partial charge is 0.256 e. The molecular formula is C42H26N8O6. The summed E-state index contributed by atoms with van der Waals surface area (Å²) in [7, 11) is 0. The van der Waals surface area contributed by atoms with Gasteiger partial charge in [-0.05, 0) is 109 Å². The predicted octanol–water partition coefficient (Wildman–Crippen LogP) is 6.25. The summed E-state index contributed by atoms with van der Waals surface area (Å²) in [6.07, 6.45) is -0.190. The number of hydrogen-bond acceptors (Lipinski definition) is 12. The summed E-state index contributed by atoms with van der Waals surface area (Å²) < 4.78 is 11.6. The van der Waals surface area contributed by atoms with Crippen LogP contribution >= 0.6 is 0 Å². The molecule has 0 saturated carbocycles. The predicted molar refractivity (Wildman–Crippen MR) is 200 cm³/mol. The Labute approximate surface area is 319 Å². The van der Waals surface area contributed by atoms with Gasteiger partial charge in [0, 0.05) is 11.4 Å². The number of carbonyl (C=O) groups is 4. The van der Waals surface area contributed by atoms with Crippen molar-refractivity contribution in [3.8, 4) is 47.3 Å². The highest BCUT2D eigenvalue weighted by atomic mass is 16.5. The highest BCUT2D eigenvalue weighted by Gasteiger charge is 2.41. The van der Waals surface area contributed by atoms with Crippen LogP contribution in [0.15, 0.2) is 109 Å². The standard InChI is InChI=1S/C42H26N8O6/c43-21-25-1-11-35(17-27(25)23-45)55-33-13-3-29(4-14-33)47-37-19-39(51)49(41(37)53)31-7-9-32(10-8-31)50-40(52)20-38(42(50)54)48-30-5-15-34(16-6-30)56-36-12-2-26(22-44)28(18-36)24-46/h1-18,37-38,47-48H,19-20H2. The molecule has 14 heteroatoms. The number of anilines is 4. The molecular weight excluding hydrogens is 713 g/mol. The number of rotatable bonds is 10. The van der Waals surface area contributed by atoms with E-state index in [4.69, 9.17) is 20.0 Å². The summed E-state index contributed by atoms with van der Waals surface area (Å²) in [5.41, 5.74) is 2.58. The molecule has 0 radical (unpaired) electrons. The van der Waals surface area contributed by atoms with Crippen LogP contribution in [0.2, 0.25) is 0 Å². The van der Waals surface area contributed by atoms with Crippen LogP contribution in [0.5, 0.6) is 23.0 Å². The number of nitrogens with zero attached hydrogens (tertiary/aromatic N) is 6. The first-order valence-corrected chi connectivity index (χ1v) is 17.0. The number of imide groups is 2. The van der Waals surface area contributed by atoms with Gasteiger partial charge in [0.15, 0.2) is 0 Å². The van der Waals surface area contributed by atoms with Crippen LogP contribution in [-0.4, -0.2) is 35.7 Å². The van der Waals surface area contributed by atoms with E-state index in [9.17, 15) is 29.7 Å². The summed E-state index contributed by atoms with van der Waals surface area (Å²) in [6, 6.07) is 34.6.